The van der Waals surface area contributed by atoms with E-state index in [2.05, 4.69) is 204 Å². The molecule has 0 unspecified atom stereocenters. The average Bonchev–Trinajstić information content (AvgIpc) is 3.75. The van der Waals surface area contributed by atoms with Crippen molar-refractivity contribution >= 4 is 70.4 Å². The van der Waals surface area contributed by atoms with Crippen LogP contribution in [0.3, 0.4) is 0 Å². The normalized spacial score (nSPS) is 11.5. The Labute approximate surface area is 300 Å². The van der Waals surface area contributed by atoms with Gasteiger partial charge in [-0.25, -0.2) is 0 Å². The standard InChI is InChI=1S/C48H32N2S/c1-3-11-37(12-4-1)49(38-13-5-2-6-14-38)39-27-23-35(24-28-39)33-19-21-34(22-20-33)36-25-29-40(30-26-36)50-44-17-9-7-16-43(44)47-45(50)32-31-42-41-15-8-10-18-46(41)51-48(42)47/h1-32H. The van der Waals surface area contributed by atoms with Crippen LogP contribution in [0.25, 0.3) is 69.9 Å². The molecule has 2 aromatic heterocycles. The largest absolute Gasteiger partial charge is 0.311 e. The molecule has 240 valence electrons. The van der Waals surface area contributed by atoms with Crippen LogP contribution in [0.4, 0.5) is 17.1 Å². The van der Waals surface area contributed by atoms with E-state index in [0.717, 1.165) is 17.1 Å². The number of rotatable bonds is 6. The molecule has 8 aromatic carbocycles. The molecule has 10 aromatic rings. The Kier molecular flexibility index (Phi) is 7.04. The number of anilines is 3. The van der Waals surface area contributed by atoms with E-state index in [1.807, 2.05) is 11.3 Å². The van der Waals surface area contributed by atoms with E-state index >= 15 is 0 Å². The average molecular weight is 669 g/mol. The summed E-state index contributed by atoms with van der Waals surface area (Å²) in [5.41, 5.74) is 11.9. The Balaban J connectivity index is 0.959. The molecule has 10 rings (SSSR count). The van der Waals surface area contributed by atoms with Gasteiger partial charge in [-0.2, -0.15) is 0 Å². The zero-order valence-corrected chi connectivity index (χ0v) is 28.6. The third-order valence-electron chi connectivity index (χ3n) is 10.0. The van der Waals surface area contributed by atoms with Gasteiger partial charge in [0.15, 0.2) is 0 Å². The fraction of sp³-hybridized carbons (Fsp3) is 0. The summed E-state index contributed by atoms with van der Waals surface area (Å²) in [6.45, 7) is 0. The molecule has 3 heteroatoms. The van der Waals surface area contributed by atoms with Gasteiger partial charge in [0.25, 0.3) is 0 Å². The van der Waals surface area contributed by atoms with Crippen molar-refractivity contribution in [3.63, 3.8) is 0 Å². The summed E-state index contributed by atoms with van der Waals surface area (Å²) in [6, 6.07) is 70.0. The smallest absolute Gasteiger partial charge is 0.0555 e. The van der Waals surface area contributed by atoms with E-state index in [-0.39, 0.29) is 0 Å². The minimum Gasteiger partial charge on any atom is -0.311 e. The van der Waals surface area contributed by atoms with Gasteiger partial charge in [-0.15, -0.1) is 11.3 Å². The van der Waals surface area contributed by atoms with Crippen molar-refractivity contribution in [2.45, 2.75) is 0 Å². The maximum absolute atomic E-state index is 2.42. The highest BCUT2D eigenvalue weighted by atomic mass is 32.1. The van der Waals surface area contributed by atoms with Crippen LogP contribution in [0.2, 0.25) is 0 Å². The van der Waals surface area contributed by atoms with Gasteiger partial charge < -0.3 is 9.47 Å². The third kappa shape index (κ3) is 5.01. The molecule has 0 aliphatic carbocycles. The van der Waals surface area contributed by atoms with E-state index < -0.39 is 0 Å². The monoisotopic (exact) mass is 668 g/mol. The van der Waals surface area contributed by atoms with E-state index in [9.17, 15) is 0 Å². The number of fused-ring (bicyclic) bond motifs is 7. The highest BCUT2D eigenvalue weighted by Crippen LogP contribution is 2.43. The summed E-state index contributed by atoms with van der Waals surface area (Å²) >= 11 is 1.90. The third-order valence-corrected chi connectivity index (χ3v) is 11.2. The number of thiophene rings is 1. The SMILES string of the molecule is c1ccc(N(c2ccccc2)c2ccc(-c3ccc(-c4ccc(-n5c6ccccc6c6c7sc8ccccc8c7ccc65)cc4)cc3)cc2)cc1. The van der Waals surface area contributed by atoms with Crippen LogP contribution in [0.5, 0.6) is 0 Å². The van der Waals surface area contributed by atoms with Gasteiger partial charge in [0.2, 0.25) is 0 Å². The lowest BCUT2D eigenvalue weighted by Crippen LogP contribution is -2.09. The van der Waals surface area contributed by atoms with Gasteiger partial charge in [0.05, 0.1) is 11.0 Å². The predicted molar refractivity (Wildman–Crippen MR) is 219 cm³/mol. The molecule has 0 amide bonds. The van der Waals surface area contributed by atoms with Gasteiger partial charge in [0.1, 0.15) is 0 Å². The van der Waals surface area contributed by atoms with E-state index in [4.69, 9.17) is 0 Å². The summed E-state index contributed by atoms with van der Waals surface area (Å²) in [4.78, 5) is 2.29. The number of hydrogen-bond donors (Lipinski definition) is 0. The summed E-state index contributed by atoms with van der Waals surface area (Å²) in [5.74, 6) is 0. The first kappa shape index (κ1) is 29.5. The fourth-order valence-electron chi connectivity index (χ4n) is 7.58. The van der Waals surface area contributed by atoms with Crippen molar-refractivity contribution in [2.24, 2.45) is 0 Å². The minimum atomic E-state index is 1.13. The van der Waals surface area contributed by atoms with Crippen LogP contribution in [0.1, 0.15) is 0 Å². The molecule has 2 nitrogen and oxygen atoms in total. The fourth-order valence-corrected chi connectivity index (χ4v) is 8.83. The van der Waals surface area contributed by atoms with Crippen molar-refractivity contribution in [1.82, 2.24) is 4.57 Å². The molecule has 0 atom stereocenters. The molecule has 0 aliphatic heterocycles. The molecule has 0 radical (unpaired) electrons. The summed E-state index contributed by atoms with van der Waals surface area (Å²) in [7, 11) is 0. The number of nitrogens with zero attached hydrogens (tertiary/aromatic N) is 2. The lowest BCUT2D eigenvalue weighted by molar-refractivity contribution is 1.18. The Morgan fingerprint density at radius 2 is 0.843 bits per heavy atom. The first-order valence-electron chi connectivity index (χ1n) is 17.4. The summed E-state index contributed by atoms with van der Waals surface area (Å²) < 4.78 is 5.11. The van der Waals surface area contributed by atoms with Gasteiger partial charge in [-0.1, -0.05) is 127 Å². The molecule has 51 heavy (non-hydrogen) atoms. The molecular weight excluding hydrogens is 637 g/mol. The van der Waals surface area contributed by atoms with Crippen molar-refractivity contribution in [3.05, 3.63) is 194 Å². The second-order valence-electron chi connectivity index (χ2n) is 13.0. The quantitative estimate of drug-likeness (QED) is 0.171. The van der Waals surface area contributed by atoms with Gasteiger partial charge in [0, 0.05) is 53.7 Å². The highest BCUT2D eigenvalue weighted by molar-refractivity contribution is 7.26. The summed E-state index contributed by atoms with van der Waals surface area (Å²) in [6.07, 6.45) is 0. The number of benzene rings is 8. The zero-order valence-electron chi connectivity index (χ0n) is 27.8. The van der Waals surface area contributed by atoms with Crippen LogP contribution in [0.15, 0.2) is 194 Å². The topological polar surface area (TPSA) is 8.17 Å². The van der Waals surface area contributed by atoms with Gasteiger partial charge >= 0.3 is 0 Å². The molecule has 0 N–H and O–H groups in total. The number of para-hydroxylation sites is 3. The second kappa shape index (κ2) is 12.2. The minimum absolute atomic E-state index is 1.13. The van der Waals surface area contributed by atoms with Gasteiger partial charge in [-0.05, 0) is 89.0 Å². The Bertz CT molecular complexity index is 2770. The number of hydrogen-bond acceptors (Lipinski definition) is 2. The predicted octanol–water partition coefficient (Wildman–Crippen LogP) is 14.0. The van der Waals surface area contributed by atoms with Gasteiger partial charge in [-0.3, -0.25) is 0 Å². The first-order chi connectivity index (χ1) is 25.3. The molecule has 2 heterocycles. The lowest BCUT2D eigenvalue weighted by Gasteiger charge is -2.25. The Morgan fingerprint density at radius 1 is 0.353 bits per heavy atom. The first-order valence-corrected chi connectivity index (χ1v) is 18.2. The molecule has 0 spiro atoms. The van der Waals surface area contributed by atoms with E-state index in [1.54, 1.807) is 0 Å². The van der Waals surface area contributed by atoms with Crippen molar-refractivity contribution < 1.29 is 0 Å². The zero-order chi connectivity index (χ0) is 33.7. The van der Waals surface area contributed by atoms with Crippen molar-refractivity contribution in [1.29, 1.82) is 0 Å². The summed E-state index contributed by atoms with van der Waals surface area (Å²) in [5, 5.41) is 5.30. The van der Waals surface area contributed by atoms with Crippen LogP contribution < -0.4 is 4.90 Å². The molecule has 0 bridgehead atoms. The van der Waals surface area contributed by atoms with Crippen LogP contribution in [-0.4, -0.2) is 4.57 Å². The Hall–Kier alpha value is -6.42. The molecule has 0 aliphatic rings. The van der Waals surface area contributed by atoms with E-state index in [1.165, 1.54) is 69.9 Å². The molecule has 0 fully saturated rings. The van der Waals surface area contributed by atoms with Crippen LogP contribution >= 0.6 is 11.3 Å². The maximum Gasteiger partial charge on any atom is 0.0555 e. The van der Waals surface area contributed by atoms with Crippen molar-refractivity contribution in [3.8, 4) is 27.9 Å². The molecule has 0 saturated heterocycles. The molecular formula is C48H32N2S. The van der Waals surface area contributed by atoms with E-state index in [0.29, 0.717) is 0 Å². The van der Waals surface area contributed by atoms with Crippen molar-refractivity contribution in [2.75, 3.05) is 4.90 Å². The second-order valence-corrected chi connectivity index (χ2v) is 14.0. The highest BCUT2D eigenvalue weighted by Gasteiger charge is 2.17. The van der Waals surface area contributed by atoms with Crippen LogP contribution in [-0.2, 0) is 0 Å². The number of aromatic nitrogens is 1. The lowest BCUT2D eigenvalue weighted by atomic mass is 10.00. The van der Waals surface area contributed by atoms with Crippen LogP contribution in [0, 0.1) is 0 Å². The maximum atomic E-state index is 2.42. The molecule has 0 saturated carbocycles. The Morgan fingerprint density at radius 3 is 1.47 bits per heavy atom.